The first-order valence-electron chi connectivity index (χ1n) is 38.3. The average Bonchev–Trinajstić information content (AvgIpc) is 0.805. The van der Waals surface area contributed by atoms with E-state index < -0.39 is 35.4 Å². The molecule has 560 valence electrons. The summed E-state index contributed by atoms with van der Waals surface area (Å²) in [6.07, 6.45) is 24.7. The van der Waals surface area contributed by atoms with Gasteiger partial charge in [-0.2, -0.15) is 0 Å². The van der Waals surface area contributed by atoms with Crippen molar-refractivity contribution in [2.24, 2.45) is 29.6 Å². The van der Waals surface area contributed by atoms with E-state index in [4.69, 9.17) is 42.6 Å². The minimum atomic E-state index is -1.01. The summed E-state index contributed by atoms with van der Waals surface area (Å²) in [5.41, 5.74) is 2.99. The van der Waals surface area contributed by atoms with E-state index in [-0.39, 0.29) is 52.8 Å². The Bertz CT molecular complexity index is 4110. The van der Waals surface area contributed by atoms with Crippen LogP contribution in [0.2, 0.25) is 0 Å². The van der Waals surface area contributed by atoms with Gasteiger partial charge < -0.3 is 42.6 Å². The number of ether oxygens (including phenoxy) is 9. The molecule has 0 radical (unpaired) electrons. The third-order valence-corrected chi connectivity index (χ3v) is 20.0. The molecule has 6 aromatic rings. The van der Waals surface area contributed by atoms with Gasteiger partial charge >= 0.3 is 41.8 Å². The second-order valence-electron chi connectivity index (χ2n) is 27.8. The van der Waals surface area contributed by atoms with Gasteiger partial charge in [-0.05, 0) is 279 Å². The Morgan fingerprint density at radius 1 is 0.402 bits per heavy atom. The van der Waals surface area contributed by atoms with Gasteiger partial charge in [0, 0.05) is 34.4 Å². The van der Waals surface area contributed by atoms with Crippen molar-refractivity contribution >= 4 is 41.8 Å². The van der Waals surface area contributed by atoms with Gasteiger partial charge in [0.15, 0.2) is 5.60 Å². The van der Waals surface area contributed by atoms with Crippen molar-refractivity contribution in [2.45, 2.75) is 180 Å². The van der Waals surface area contributed by atoms with E-state index in [2.05, 4.69) is 62.5 Å². The summed E-state index contributed by atoms with van der Waals surface area (Å²) >= 11 is 0. The van der Waals surface area contributed by atoms with Crippen LogP contribution in [0.4, 0.5) is 0 Å². The molecule has 3 aliphatic rings. The van der Waals surface area contributed by atoms with Crippen molar-refractivity contribution in [3.05, 3.63) is 209 Å². The van der Waals surface area contributed by atoms with Gasteiger partial charge in [0.25, 0.3) is 0 Å². The molecule has 0 bridgehead atoms. The van der Waals surface area contributed by atoms with Crippen molar-refractivity contribution < 1.29 is 76.2 Å². The summed E-state index contributed by atoms with van der Waals surface area (Å²) in [6, 6.07) is 39.7. The van der Waals surface area contributed by atoms with Crippen LogP contribution in [0.25, 0.3) is 0 Å². The number of hydrogen-bond donors (Lipinski definition) is 0. The van der Waals surface area contributed by atoms with Crippen molar-refractivity contribution in [3.8, 4) is 64.3 Å². The second-order valence-corrected chi connectivity index (χ2v) is 27.8. The SMILES string of the molecule is C=CC(=O)OCCCCCCOc1ccc(C(=O)Oc2ccc(C(=O)Oc3ccc(OCCCCCC)cc3)cc2C#Cc2ccc(C#Cc3ccc(C#CC4(OC(=O)c5ccc(OC(=O)C6CCC(C(=O)OCCCCCOC(=O)C=C)CC6)cc5)CCC(C5CCC(CCC)CC5)CC4)cc3)cc2)cc1. The highest BCUT2D eigenvalue weighted by Crippen LogP contribution is 2.45. The zero-order valence-electron chi connectivity index (χ0n) is 62.0. The maximum atomic E-state index is 14.1. The van der Waals surface area contributed by atoms with Crippen LogP contribution in [0.1, 0.15) is 233 Å². The van der Waals surface area contributed by atoms with Crippen LogP contribution in [0, 0.1) is 65.1 Å². The molecule has 0 aliphatic heterocycles. The van der Waals surface area contributed by atoms with Crippen molar-refractivity contribution in [1.82, 2.24) is 0 Å². The minimum Gasteiger partial charge on any atom is -0.494 e. The second kappa shape index (κ2) is 43.1. The monoisotopic (exact) mass is 1450 g/mol. The highest BCUT2D eigenvalue weighted by atomic mass is 16.6. The molecule has 0 saturated heterocycles. The maximum Gasteiger partial charge on any atom is 0.343 e. The lowest BCUT2D eigenvalue weighted by Gasteiger charge is -2.41. The van der Waals surface area contributed by atoms with Crippen LogP contribution in [-0.4, -0.2) is 80.4 Å². The molecule has 0 unspecified atom stereocenters. The Morgan fingerprint density at radius 2 is 0.832 bits per heavy atom. The van der Waals surface area contributed by atoms with Gasteiger partial charge in [-0.1, -0.05) is 102 Å². The van der Waals surface area contributed by atoms with E-state index in [0.29, 0.717) is 124 Å². The van der Waals surface area contributed by atoms with Crippen LogP contribution in [0.3, 0.4) is 0 Å². The quantitative estimate of drug-likeness (QED) is 0.00920. The zero-order valence-corrected chi connectivity index (χ0v) is 62.0. The van der Waals surface area contributed by atoms with Gasteiger partial charge in [0.1, 0.15) is 28.7 Å². The lowest BCUT2D eigenvalue weighted by atomic mass is 9.67. The van der Waals surface area contributed by atoms with Crippen LogP contribution in [-0.2, 0) is 38.1 Å². The molecule has 16 heteroatoms. The Balaban J connectivity index is 0.816. The van der Waals surface area contributed by atoms with E-state index in [0.717, 1.165) is 105 Å². The first kappa shape index (κ1) is 80.5. The molecule has 0 aromatic heterocycles. The molecular weight excluding hydrogens is 1350 g/mol. The number of unbranched alkanes of at least 4 members (excludes halogenated alkanes) is 8. The fourth-order valence-electron chi connectivity index (χ4n) is 13.7. The van der Waals surface area contributed by atoms with Gasteiger partial charge in [0.2, 0.25) is 0 Å². The number of rotatable bonds is 34. The van der Waals surface area contributed by atoms with Gasteiger partial charge in [-0.25, -0.2) is 24.0 Å². The third-order valence-electron chi connectivity index (χ3n) is 20.0. The van der Waals surface area contributed by atoms with E-state index in [1.807, 2.05) is 48.5 Å². The van der Waals surface area contributed by atoms with Gasteiger partial charge in [-0.15, -0.1) is 0 Å². The molecule has 0 heterocycles. The molecule has 9 rings (SSSR count). The fraction of sp³-hybridized carbons (Fsp3) is 0.418. The van der Waals surface area contributed by atoms with E-state index in [1.165, 1.54) is 56.7 Å². The van der Waals surface area contributed by atoms with Crippen molar-refractivity contribution in [3.63, 3.8) is 0 Å². The molecule has 107 heavy (non-hydrogen) atoms. The van der Waals surface area contributed by atoms with Crippen LogP contribution < -0.4 is 23.7 Å². The number of carbonyl (C=O) groups is 7. The average molecular weight is 1450 g/mol. The summed E-state index contributed by atoms with van der Waals surface area (Å²) in [5, 5.41) is 0. The largest absolute Gasteiger partial charge is 0.494 e. The Kier molecular flexibility index (Phi) is 32.4. The lowest BCUT2D eigenvalue weighted by molar-refractivity contribution is -0.152. The first-order valence-corrected chi connectivity index (χ1v) is 38.3. The summed E-state index contributed by atoms with van der Waals surface area (Å²) in [5.74, 6) is 19.8. The predicted octanol–water partition coefficient (Wildman–Crippen LogP) is 18.5. The van der Waals surface area contributed by atoms with E-state index in [1.54, 1.807) is 72.8 Å². The normalized spacial score (nSPS) is 17.9. The van der Waals surface area contributed by atoms with Crippen LogP contribution >= 0.6 is 0 Å². The molecule has 0 N–H and O–H groups in total. The Morgan fingerprint density at radius 3 is 1.37 bits per heavy atom. The summed E-state index contributed by atoms with van der Waals surface area (Å²) < 4.78 is 51.3. The van der Waals surface area contributed by atoms with Gasteiger partial charge in [0.05, 0.1) is 67.1 Å². The summed E-state index contributed by atoms with van der Waals surface area (Å²) in [7, 11) is 0. The maximum absolute atomic E-state index is 14.1. The Labute approximate surface area is 631 Å². The lowest BCUT2D eigenvalue weighted by Crippen LogP contribution is -2.39. The topological polar surface area (TPSA) is 203 Å². The molecule has 3 saturated carbocycles. The molecular formula is C91H100O16. The highest BCUT2D eigenvalue weighted by Gasteiger charge is 2.41. The predicted molar refractivity (Wildman–Crippen MR) is 410 cm³/mol. The van der Waals surface area contributed by atoms with Crippen LogP contribution in [0.5, 0.6) is 28.7 Å². The molecule has 3 aliphatic carbocycles. The standard InChI is InChI=1S/C91H100O16/c1-5-9-10-14-60-100-80-49-51-82(52-50-80)105-89(97)78-44-53-83(106-88(96)75-40-45-79(46-41-75)99-61-15-11-12-16-62-101-84(92)7-3)77(65-78)35-32-69-24-22-67(23-25-69)20-21-68-26-28-70(29-27-68)54-57-91(58-55-72(56-59-91)71-33-30-66(19-6-2)31-34-71)107-90(98)76-42-47-81(48-43-76)104-87(95)74-38-36-73(37-39-74)86(94)103-64-18-13-17-63-102-85(93)8-4/h7-8,22-29,40-53,65-66,71-74H,3-6,9-19,30-31,33-34,36-39,55-56,58-64H2,1-2H3. The van der Waals surface area contributed by atoms with Crippen molar-refractivity contribution in [1.29, 1.82) is 0 Å². The van der Waals surface area contributed by atoms with E-state index >= 15 is 0 Å². The van der Waals surface area contributed by atoms with E-state index in [9.17, 15) is 33.6 Å². The number of esters is 7. The van der Waals surface area contributed by atoms with Crippen LogP contribution in [0.15, 0.2) is 165 Å². The number of hydrogen-bond acceptors (Lipinski definition) is 16. The first-order chi connectivity index (χ1) is 52.2. The molecule has 6 aromatic carbocycles. The number of benzene rings is 6. The molecule has 16 nitrogen and oxygen atoms in total. The summed E-state index contributed by atoms with van der Waals surface area (Å²) in [4.78, 5) is 90.0. The molecule has 0 amide bonds. The smallest absolute Gasteiger partial charge is 0.343 e. The fourth-order valence-corrected chi connectivity index (χ4v) is 13.7. The van der Waals surface area contributed by atoms with Crippen molar-refractivity contribution in [2.75, 3.05) is 33.0 Å². The highest BCUT2D eigenvalue weighted by molar-refractivity contribution is 5.94. The number of carbonyl (C=O) groups excluding carboxylic acids is 7. The van der Waals surface area contributed by atoms with Gasteiger partial charge in [-0.3, -0.25) is 9.59 Å². The minimum absolute atomic E-state index is 0.143. The zero-order chi connectivity index (χ0) is 75.4. The summed E-state index contributed by atoms with van der Waals surface area (Å²) in [6.45, 7) is 13.2. The molecule has 0 atom stereocenters. The third kappa shape index (κ3) is 26.7. The Hall–Kier alpha value is -10.6. The molecule has 3 fully saturated rings. The molecule has 0 spiro atoms.